The fraction of sp³-hybridized carbons (Fsp3) is 0.222. The molecular formula is C9H9S2-. The van der Waals surface area contributed by atoms with Crippen LogP contribution in [0.3, 0.4) is 0 Å². The third-order valence-corrected chi connectivity index (χ3v) is 1.87. The largest absolute Gasteiger partial charge is 0.433 e. The maximum atomic E-state index is 4.81. The molecule has 0 saturated carbocycles. The van der Waals surface area contributed by atoms with Gasteiger partial charge in [0.05, 0.1) is 0 Å². The lowest BCUT2D eigenvalue weighted by Crippen LogP contribution is -1.91. The Balaban J connectivity index is 2.45. The third-order valence-electron chi connectivity index (χ3n) is 1.46. The van der Waals surface area contributed by atoms with Gasteiger partial charge >= 0.3 is 0 Å². The average Bonchev–Trinajstić information content (AvgIpc) is 2.03. The summed E-state index contributed by atoms with van der Waals surface area (Å²) in [4.78, 5) is 0. The van der Waals surface area contributed by atoms with Crippen molar-refractivity contribution in [1.29, 1.82) is 0 Å². The highest BCUT2D eigenvalue weighted by atomic mass is 32.1. The smallest absolute Gasteiger partial charge is 0.0253 e. The first-order chi connectivity index (χ1) is 5.29. The summed E-state index contributed by atoms with van der Waals surface area (Å²) in [6.45, 7) is 0. The summed E-state index contributed by atoms with van der Waals surface area (Å²) in [6, 6.07) is 10.3. The van der Waals surface area contributed by atoms with E-state index < -0.39 is 0 Å². The first-order valence-corrected chi connectivity index (χ1v) is 4.34. The van der Waals surface area contributed by atoms with Crippen molar-refractivity contribution < 1.29 is 0 Å². The van der Waals surface area contributed by atoms with Gasteiger partial charge in [-0.15, -0.1) is 0 Å². The molecule has 0 aliphatic heterocycles. The highest BCUT2D eigenvalue weighted by Gasteiger charge is 1.87. The second-order valence-electron chi connectivity index (χ2n) is 2.36. The molecule has 58 valence electrons. The van der Waals surface area contributed by atoms with E-state index in [9.17, 15) is 0 Å². The van der Waals surface area contributed by atoms with Gasteiger partial charge in [0.2, 0.25) is 0 Å². The lowest BCUT2D eigenvalue weighted by Gasteiger charge is -2.03. The van der Waals surface area contributed by atoms with Gasteiger partial charge in [0.15, 0.2) is 0 Å². The van der Waals surface area contributed by atoms with Crippen molar-refractivity contribution in [3.8, 4) is 0 Å². The van der Waals surface area contributed by atoms with Gasteiger partial charge in [0, 0.05) is 0 Å². The molecule has 0 spiro atoms. The minimum Gasteiger partial charge on any atom is -0.433 e. The predicted molar refractivity (Wildman–Crippen MR) is 54.7 cm³/mol. The Labute approximate surface area is 78.0 Å². The number of hydrogen-bond acceptors (Lipinski definition) is 2. The monoisotopic (exact) mass is 181 g/mol. The van der Waals surface area contributed by atoms with Crippen molar-refractivity contribution >= 4 is 29.0 Å². The molecule has 0 aromatic heterocycles. The Hall–Kier alpha value is -0.470. The SMILES string of the molecule is S=C([S-])CCc1ccccc1. The fourth-order valence-electron chi connectivity index (χ4n) is 0.891. The van der Waals surface area contributed by atoms with Crippen molar-refractivity contribution in [2.75, 3.05) is 0 Å². The van der Waals surface area contributed by atoms with Crippen LogP contribution in [-0.4, -0.2) is 4.20 Å². The lowest BCUT2D eigenvalue weighted by atomic mass is 10.1. The summed E-state index contributed by atoms with van der Waals surface area (Å²) < 4.78 is 0.675. The lowest BCUT2D eigenvalue weighted by molar-refractivity contribution is 1.06. The van der Waals surface area contributed by atoms with Crippen molar-refractivity contribution in [3.05, 3.63) is 35.9 Å². The zero-order chi connectivity index (χ0) is 8.10. The second-order valence-corrected chi connectivity index (χ2v) is 3.60. The van der Waals surface area contributed by atoms with Crippen LogP contribution in [0.2, 0.25) is 0 Å². The van der Waals surface area contributed by atoms with Gasteiger partial charge in [-0.2, -0.15) is 4.20 Å². The fourth-order valence-corrected chi connectivity index (χ4v) is 1.10. The number of benzene rings is 1. The van der Waals surface area contributed by atoms with Gasteiger partial charge in [0.25, 0.3) is 0 Å². The molecular weight excluding hydrogens is 172 g/mol. The normalized spacial score (nSPS) is 9.45. The van der Waals surface area contributed by atoms with E-state index in [4.69, 9.17) is 24.8 Å². The van der Waals surface area contributed by atoms with Crippen LogP contribution in [0.25, 0.3) is 0 Å². The maximum Gasteiger partial charge on any atom is -0.0253 e. The molecule has 0 N–H and O–H groups in total. The van der Waals surface area contributed by atoms with Gasteiger partial charge in [-0.25, -0.2) is 0 Å². The van der Waals surface area contributed by atoms with Crippen LogP contribution < -0.4 is 0 Å². The van der Waals surface area contributed by atoms with Crippen LogP contribution in [0.15, 0.2) is 30.3 Å². The Morgan fingerprint density at radius 1 is 1.27 bits per heavy atom. The van der Waals surface area contributed by atoms with Crippen molar-refractivity contribution in [1.82, 2.24) is 0 Å². The summed E-state index contributed by atoms with van der Waals surface area (Å²) >= 11 is 9.62. The molecule has 0 fully saturated rings. The molecule has 0 nitrogen and oxygen atoms in total. The molecule has 0 atom stereocenters. The molecule has 0 bridgehead atoms. The molecule has 0 unspecified atom stereocenters. The van der Waals surface area contributed by atoms with Gasteiger partial charge in [-0.05, 0) is 18.4 Å². The Morgan fingerprint density at radius 2 is 1.91 bits per heavy atom. The van der Waals surface area contributed by atoms with E-state index in [2.05, 4.69) is 12.1 Å². The van der Waals surface area contributed by atoms with Gasteiger partial charge in [0.1, 0.15) is 0 Å². The van der Waals surface area contributed by atoms with E-state index in [-0.39, 0.29) is 0 Å². The Bertz CT molecular complexity index is 229. The standard InChI is InChI=1S/C9H10S2/c10-9(11)7-6-8-4-2-1-3-5-8/h1-5H,6-7H2,(H,10,11)/p-1. The molecule has 1 aromatic carbocycles. The molecule has 11 heavy (non-hydrogen) atoms. The van der Waals surface area contributed by atoms with Crippen LogP contribution in [0.5, 0.6) is 0 Å². The van der Waals surface area contributed by atoms with E-state index in [0.717, 1.165) is 12.8 Å². The van der Waals surface area contributed by atoms with Crippen LogP contribution in [0, 0.1) is 0 Å². The molecule has 0 amide bonds. The molecule has 0 saturated heterocycles. The summed E-state index contributed by atoms with van der Waals surface area (Å²) in [5.41, 5.74) is 1.31. The van der Waals surface area contributed by atoms with Crippen LogP contribution in [0.1, 0.15) is 12.0 Å². The third kappa shape index (κ3) is 3.44. The number of thiocarbonyl (C=S) groups is 1. The van der Waals surface area contributed by atoms with Gasteiger partial charge in [-0.3, -0.25) is 0 Å². The number of rotatable bonds is 3. The average molecular weight is 181 g/mol. The van der Waals surface area contributed by atoms with Gasteiger partial charge < -0.3 is 24.8 Å². The molecule has 0 heterocycles. The minimum atomic E-state index is 0.675. The summed E-state index contributed by atoms with van der Waals surface area (Å²) in [6.07, 6.45) is 1.82. The zero-order valence-electron chi connectivity index (χ0n) is 6.12. The highest BCUT2D eigenvalue weighted by Crippen LogP contribution is 2.02. The molecule has 0 aliphatic rings. The van der Waals surface area contributed by atoms with Crippen LogP contribution >= 0.6 is 12.2 Å². The maximum absolute atomic E-state index is 4.81. The van der Waals surface area contributed by atoms with Crippen molar-refractivity contribution in [2.24, 2.45) is 0 Å². The van der Waals surface area contributed by atoms with E-state index >= 15 is 0 Å². The van der Waals surface area contributed by atoms with E-state index in [1.165, 1.54) is 5.56 Å². The van der Waals surface area contributed by atoms with Crippen LogP contribution in [-0.2, 0) is 19.0 Å². The van der Waals surface area contributed by atoms with Crippen molar-refractivity contribution in [3.63, 3.8) is 0 Å². The summed E-state index contributed by atoms with van der Waals surface area (Å²) in [5.74, 6) is 0. The topological polar surface area (TPSA) is 0 Å². The van der Waals surface area contributed by atoms with E-state index in [0.29, 0.717) is 4.20 Å². The van der Waals surface area contributed by atoms with Gasteiger partial charge in [-0.1, -0.05) is 30.3 Å². The Morgan fingerprint density at radius 3 is 2.45 bits per heavy atom. The van der Waals surface area contributed by atoms with E-state index in [1.807, 2.05) is 18.2 Å². The number of hydrogen-bond donors (Lipinski definition) is 0. The van der Waals surface area contributed by atoms with Crippen molar-refractivity contribution in [2.45, 2.75) is 12.8 Å². The Kier molecular flexibility index (Phi) is 3.46. The quantitative estimate of drug-likeness (QED) is 0.519. The summed E-state index contributed by atoms with van der Waals surface area (Å²) in [5, 5.41) is 0. The number of aryl methyl sites for hydroxylation is 1. The summed E-state index contributed by atoms with van der Waals surface area (Å²) in [7, 11) is 0. The first-order valence-electron chi connectivity index (χ1n) is 3.53. The molecule has 2 heteroatoms. The predicted octanol–water partition coefficient (Wildman–Crippen LogP) is 2.49. The molecule has 0 aliphatic carbocycles. The minimum absolute atomic E-state index is 0.675. The molecule has 1 rings (SSSR count). The molecule has 1 aromatic rings. The zero-order valence-corrected chi connectivity index (χ0v) is 7.75. The van der Waals surface area contributed by atoms with E-state index in [1.54, 1.807) is 0 Å². The highest BCUT2D eigenvalue weighted by molar-refractivity contribution is 8.00. The second kappa shape index (κ2) is 4.42. The molecule has 0 radical (unpaired) electrons. The first kappa shape index (κ1) is 8.62. The van der Waals surface area contributed by atoms with Crippen LogP contribution in [0.4, 0.5) is 0 Å².